The monoisotopic (exact) mass is 589 g/mol. The van der Waals surface area contributed by atoms with Crippen LogP contribution in [0.15, 0.2) is 30.5 Å². The van der Waals surface area contributed by atoms with Crippen LogP contribution in [-0.4, -0.2) is 80.7 Å². The molecule has 5 heterocycles. The molecule has 4 aromatic rings. The van der Waals surface area contributed by atoms with Crippen LogP contribution in [0.5, 0.6) is 11.8 Å². The number of aromatic hydroxyl groups is 1. The lowest BCUT2D eigenvalue weighted by Crippen LogP contribution is -2.43. The minimum Gasteiger partial charge on any atom is -0.508 e. The van der Waals surface area contributed by atoms with E-state index in [2.05, 4.69) is 25.8 Å². The zero-order valence-electron chi connectivity index (χ0n) is 23.4. The number of fused-ring (bicyclic) bond motifs is 3. The Morgan fingerprint density at radius 1 is 1.14 bits per heavy atom. The fourth-order valence-electron chi connectivity index (χ4n) is 6.99. The lowest BCUT2D eigenvalue weighted by atomic mass is 9.95. The summed E-state index contributed by atoms with van der Waals surface area (Å²) in [5.74, 6) is 1.12. The first kappa shape index (κ1) is 27.7. The second-order valence-electron chi connectivity index (χ2n) is 11.8. The van der Waals surface area contributed by atoms with Crippen molar-refractivity contribution in [1.82, 2.24) is 19.9 Å². The van der Waals surface area contributed by atoms with Crippen LogP contribution in [0.4, 0.5) is 19.0 Å². The standard InChI is InChI=1S/C32H30F3N5O3/c1-2-22-25(34)5-4-18-12-21(42)13-23(26(18)22)28-27(35)29-24(15-36-28)30(39-10-6-20(41)7-11-39)38-31(37-29)43-17-32-8-3-9-40(32)16-19(33)14-32/h1,4-5,12-13,15,19-20,41-42H,3,6-11,14,16-17H2. The first-order valence-electron chi connectivity index (χ1n) is 14.5. The van der Waals surface area contributed by atoms with Gasteiger partial charge < -0.3 is 19.8 Å². The summed E-state index contributed by atoms with van der Waals surface area (Å²) in [5.41, 5.74) is -0.647. The largest absolute Gasteiger partial charge is 0.508 e. The highest BCUT2D eigenvalue weighted by Gasteiger charge is 2.49. The van der Waals surface area contributed by atoms with E-state index in [0.29, 0.717) is 55.5 Å². The molecule has 43 heavy (non-hydrogen) atoms. The van der Waals surface area contributed by atoms with Crippen molar-refractivity contribution >= 4 is 27.5 Å². The molecule has 2 aromatic heterocycles. The number of benzene rings is 2. The molecule has 0 aliphatic carbocycles. The molecule has 0 radical (unpaired) electrons. The third-order valence-electron chi connectivity index (χ3n) is 9.09. The smallest absolute Gasteiger partial charge is 0.319 e. The molecule has 2 atom stereocenters. The SMILES string of the molecule is C#Cc1c(F)ccc2cc(O)cc(-c3ncc4c(N5CCC(O)CC5)nc(OCC56CCCN5CC(F)C6)nc4c3F)c12. The zero-order valence-corrected chi connectivity index (χ0v) is 23.4. The highest BCUT2D eigenvalue weighted by Crippen LogP contribution is 2.42. The number of terminal acetylenes is 1. The van der Waals surface area contributed by atoms with E-state index >= 15 is 4.39 Å². The first-order chi connectivity index (χ1) is 20.8. The van der Waals surface area contributed by atoms with Crippen molar-refractivity contribution in [2.45, 2.75) is 49.9 Å². The van der Waals surface area contributed by atoms with Gasteiger partial charge in [-0.3, -0.25) is 9.88 Å². The van der Waals surface area contributed by atoms with E-state index in [1.807, 2.05) is 4.90 Å². The van der Waals surface area contributed by atoms with E-state index in [1.54, 1.807) is 0 Å². The number of pyridine rings is 1. The van der Waals surface area contributed by atoms with Crippen LogP contribution < -0.4 is 9.64 Å². The molecule has 0 spiro atoms. The number of hydrogen-bond donors (Lipinski definition) is 2. The molecule has 3 aliphatic rings. The maximum absolute atomic E-state index is 16.6. The average Bonchev–Trinajstić information content (AvgIpc) is 3.52. The normalized spacial score (nSPS) is 22.8. The van der Waals surface area contributed by atoms with Gasteiger partial charge in [-0.05, 0) is 55.8 Å². The van der Waals surface area contributed by atoms with Gasteiger partial charge in [0.05, 0.1) is 22.6 Å². The first-order valence-corrected chi connectivity index (χ1v) is 14.5. The Morgan fingerprint density at radius 2 is 1.95 bits per heavy atom. The predicted octanol–water partition coefficient (Wildman–Crippen LogP) is 4.73. The van der Waals surface area contributed by atoms with Crippen LogP contribution in [0.1, 0.15) is 37.7 Å². The molecule has 0 amide bonds. The van der Waals surface area contributed by atoms with Crippen LogP contribution in [0.25, 0.3) is 32.9 Å². The molecular formula is C32H30F3N5O3. The number of phenolic OH excluding ortho intramolecular Hbond substituents is 1. The number of ether oxygens (including phenoxy) is 1. The number of anilines is 1. The van der Waals surface area contributed by atoms with Crippen molar-refractivity contribution in [3.05, 3.63) is 47.7 Å². The summed E-state index contributed by atoms with van der Waals surface area (Å²) >= 11 is 0. The third-order valence-corrected chi connectivity index (χ3v) is 9.09. The molecule has 3 fully saturated rings. The van der Waals surface area contributed by atoms with Gasteiger partial charge in [0, 0.05) is 43.2 Å². The van der Waals surface area contributed by atoms with Crippen LogP contribution >= 0.6 is 0 Å². The quantitative estimate of drug-likeness (QED) is 0.323. The Labute approximate surface area is 246 Å². The number of rotatable bonds is 5. The topological polar surface area (TPSA) is 94.8 Å². The molecule has 2 aromatic carbocycles. The van der Waals surface area contributed by atoms with E-state index in [4.69, 9.17) is 11.2 Å². The number of aliphatic hydroxyl groups is 1. The number of piperidine rings is 1. The molecule has 7 rings (SSSR count). The van der Waals surface area contributed by atoms with Gasteiger partial charge in [0.15, 0.2) is 5.82 Å². The van der Waals surface area contributed by atoms with Gasteiger partial charge in [-0.25, -0.2) is 13.2 Å². The predicted molar refractivity (Wildman–Crippen MR) is 156 cm³/mol. The van der Waals surface area contributed by atoms with E-state index in [0.717, 1.165) is 19.4 Å². The molecule has 222 valence electrons. The molecule has 2 N–H and O–H groups in total. The van der Waals surface area contributed by atoms with Gasteiger partial charge in [0.25, 0.3) is 0 Å². The van der Waals surface area contributed by atoms with Crippen molar-refractivity contribution in [3.8, 4) is 35.4 Å². The fraction of sp³-hybridized carbons (Fsp3) is 0.406. The van der Waals surface area contributed by atoms with Crippen molar-refractivity contribution in [1.29, 1.82) is 0 Å². The van der Waals surface area contributed by atoms with Gasteiger partial charge in [-0.2, -0.15) is 9.97 Å². The second kappa shape index (κ2) is 10.5. The summed E-state index contributed by atoms with van der Waals surface area (Å²) in [7, 11) is 0. The minimum atomic E-state index is -0.933. The van der Waals surface area contributed by atoms with E-state index in [-0.39, 0.29) is 46.1 Å². The Balaban J connectivity index is 1.37. The summed E-state index contributed by atoms with van der Waals surface area (Å²) in [4.78, 5) is 17.6. The molecule has 3 saturated heterocycles. The van der Waals surface area contributed by atoms with Crippen molar-refractivity contribution in [2.75, 3.05) is 37.7 Å². The highest BCUT2D eigenvalue weighted by molar-refractivity contribution is 6.03. The van der Waals surface area contributed by atoms with Crippen molar-refractivity contribution < 1.29 is 28.1 Å². The summed E-state index contributed by atoms with van der Waals surface area (Å²) in [6, 6.07) is 5.33. The summed E-state index contributed by atoms with van der Waals surface area (Å²) < 4.78 is 51.8. The number of alkyl halides is 1. The number of phenols is 1. The molecule has 0 saturated carbocycles. The summed E-state index contributed by atoms with van der Waals surface area (Å²) in [6.45, 7) is 2.30. The van der Waals surface area contributed by atoms with Gasteiger partial charge in [0.1, 0.15) is 41.4 Å². The Bertz CT molecular complexity index is 1790. The zero-order chi connectivity index (χ0) is 29.9. The molecule has 2 unspecified atom stereocenters. The van der Waals surface area contributed by atoms with Crippen molar-refractivity contribution in [3.63, 3.8) is 0 Å². The van der Waals surface area contributed by atoms with Crippen LogP contribution in [-0.2, 0) is 0 Å². The molecular weight excluding hydrogens is 559 g/mol. The lowest BCUT2D eigenvalue weighted by molar-refractivity contribution is 0.107. The van der Waals surface area contributed by atoms with Gasteiger partial charge in [-0.1, -0.05) is 12.0 Å². The minimum absolute atomic E-state index is 0.0515. The van der Waals surface area contributed by atoms with Gasteiger partial charge in [0.2, 0.25) is 0 Å². The lowest BCUT2D eigenvalue weighted by Gasteiger charge is -2.32. The number of nitrogens with zero attached hydrogens (tertiary/aromatic N) is 5. The van der Waals surface area contributed by atoms with Crippen LogP contribution in [0.3, 0.4) is 0 Å². The Kier molecular flexibility index (Phi) is 6.78. The van der Waals surface area contributed by atoms with Gasteiger partial charge in [-0.15, -0.1) is 6.42 Å². The van der Waals surface area contributed by atoms with Crippen molar-refractivity contribution in [2.24, 2.45) is 0 Å². The summed E-state index contributed by atoms with van der Waals surface area (Å²) in [5, 5.41) is 21.5. The van der Waals surface area contributed by atoms with E-state index in [9.17, 15) is 19.0 Å². The number of aromatic nitrogens is 3. The molecule has 0 bridgehead atoms. The maximum Gasteiger partial charge on any atom is 0.319 e. The number of hydrogen-bond acceptors (Lipinski definition) is 8. The average molecular weight is 590 g/mol. The number of halogens is 3. The van der Waals surface area contributed by atoms with Gasteiger partial charge >= 0.3 is 6.01 Å². The molecule has 11 heteroatoms. The summed E-state index contributed by atoms with van der Waals surface area (Å²) in [6.07, 6.45) is 8.84. The third kappa shape index (κ3) is 4.69. The van der Waals surface area contributed by atoms with Crippen LogP contribution in [0, 0.1) is 24.0 Å². The second-order valence-corrected chi connectivity index (χ2v) is 11.8. The highest BCUT2D eigenvalue weighted by atomic mass is 19.1. The van der Waals surface area contributed by atoms with E-state index < -0.39 is 29.4 Å². The Hall–Kier alpha value is -4.14. The van der Waals surface area contributed by atoms with E-state index in [1.165, 1.54) is 30.5 Å². The number of aliphatic hydroxyl groups excluding tert-OH is 1. The Morgan fingerprint density at radius 3 is 2.74 bits per heavy atom. The van der Waals surface area contributed by atoms with Crippen LogP contribution in [0.2, 0.25) is 0 Å². The molecule has 8 nitrogen and oxygen atoms in total. The fourth-order valence-corrected chi connectivity index (χ4v) is 6.99. The molecule has 3 aliphatic heterocycles. The maximum atomic E-state index is 16.6.